The van der Waals surface area contributed by atoms with Crippen LogP contribution in [0, 0.1) is 11.6 Å². The molecule has 22 rings (SSSR count). The molecule has 0 radical (unpaired) electrons. The molecular formula is C100H96Cl2F2N20O10S4. The Labute approximate surface area is 817 Å². The van der Waals surface area contributed by atoms with Gasteiger partial charge in [-0.2, -0.15) is 55.5 Å². The maximum absolute atomic E-state index is 15.4. The molecule has 0 atom stereocenters. The number of rotatable bonds is 28. The van der Waals surface area contributed by atoms with E-state index in [1.807, 2.05) is 113 Å². The Morgan fingerprint density at radius 1 is 0.355 bits per heavy atom. The number of aromatic nitrogens is 10. The number of hydrogen-bond donors (Lipinski definition) is 8. The van der Waals surface area contributed by atoms with Crippen LogP contribution in [0.25, 0.3) is 109 Å². The normalized spacial score (nSPS) is 14.5. The lowest BCUT2D eigenvalue weighted by Gasteiger charge is -2.26. The summed E-state index contributed by atoms with van der Waals surface area (Å²) in [5, 5.41) is 61.7. The number of carbonyl (C=O) groups excluding carboxylic acids is 2. The molecular weight excluding hydrogens is 1880 g/mol. The van der Waals surface area contributed by atoms with Gasteiger partial charge in [0.2, 0.25) is 0 Å². The number of amides is 2. The smallest absolute Gasteiger partial charge is 0.253 e. The second-order valence-corrected chi connectivity index (χ2v) is 36.2. The van der Waals surface area contributed by atoms with E-state index in [0.29, 0.717) is 130 Å². The van der Waals surface area contributed by atoms with Crippen LogP contribution in [0.1, 0.15) is 20.7 Å². The number of para-hydroxylation sites is 4. The Bertz CT molecular complexity index is 6900. The molecule has 4 fully saturated rings. The van der Waals surface area contributed by atoms with E-state index in [1.54, 1.807) is 96.6 Å². The van der Waals surface area contributed by atoms with Gasteiger partial charge in [0.05, 0.1) is 109 Å². The van der Waals surface area contributed by atoms with Crippen molar-refractivity contribution < 1.29 is 56.3 Å². The highest BCUT2D eigenvalue weighted by Gasteiger charge is 2.26. The van der Waals surface area contributed by atoms with Crippen molar-refractivity contribution in [3.8, 4) is 45.8 Å². The minimum atomic E-state index is -0.477. The van der Waals surface area contributed by atoms with Gasteiger partial charge in [-0.3, -0.25) is 39.4 Å². The van der Waals surface area contributed by atoms with Crippen molar-refractivity contribution in [2.45, 2.75) is 0 Å². The number of pyridine rings is 4. The molecule has 10 aromatic heterocycles. The first-order chi connectivity index (χ1) is 67.9. The second-order valence-electron chi connectivity index (χ2n) is 32.5. The monoisotopic (exact) mass is 1970 g/mol. The van der Waals surface area contributed by atoms with Gasteiger partial charge in [0.1, 0.15) is 83.9 Å². The van der Waals surface area contributed by atoms with Gasteiger partial charge in [0.25, 0.3) is 11.8 Å². The summed E-state index contributed by atoms with van der Waals surface area (Å²) in [6.07, 6.45) is 2.97. The number of fused-ring (bicyclic) bond motifs is 12. The summed E-state index contributed by atoms with van der Waals surface area (Å²) in [6.45, 7) is 18.1. The van der Waals surface area contributed by atoms with Crippen molar-refractivity contribution in [1.82, 2.24) is 80.5 Å². The molecule has 0 spiro atoms. The van der Waals surface area contributed by atoms with Gasteiger partial charge >= 0.3 is 0 Å². The third-order valence-electron chi connectivity index (χ3n) is 24.1. The number of carbonyl (C=O) groups is 2. The van der Waals surface area contributed by atoms with Crippen LogP contribution in [0.15, 0.2) is 201 Å². The maximum Gasteiger partial charge on any atom is 0.253 e. The highest BCUT2D eigenvalue weighted by atomic mass is 35.5. The molecule has 4 aliphatic heterocycles. The molecule has 0 bridgehead atoms. The quantitative estimate of drug-likeness (QED) is 0.0226. The zero-order valence-corrected chi connectivity index (χ0v) is 80.0. The summed E-state index contributed by atoms with van der Waals surface area (Å²) in [5.41, 5.74) is 7.54. The SMILES string of the molecule is CNC(=O)c1cccc2c1nc(Nc1cccc(OCCN3CCOCC3)c1Cl)c1cscc12.CNC(=O)c1cccc2c1nc(Nc1cccc(OCCN3CCOCC3)c1F)c1cscc12.Clc1c(Nc2nc3c(-c4ncn[nH]4)cccc3c3cscc23)cccc1OCCN1CCOCC1.Fc1c(Nc2nc3c(-c4ncn[nH]4)cccc3c3cscc23)cccc1OCCN1CCOCC1. The van der Waals surface area contributed by atoms with Crippen molar-refractivity contribution >= 4 is 213 Å². The second kappa shape index (κ2) is 44.6. The van der Waals surface area contributed by atoms with Crippen molar-refractivity contribution in [3.05, 3.63) is 234 Å². The molecule has 38 heteroatoms. The fourth-order valence-electron chi connectivity index (χ4n) is 16.9. The molecule has 708 valence electrons. The van der Waals surface area contributed by atoms with Gasteiger partial charge in [0, 0.05) is 190 Å². The molecule has 8 aromatic carbocycles. The number of H-pyrrole nitrogens is 2. The van der Waals surface area contributed by atoms with Crippen LogP contribution in [0.2, 0.25) is 10.0 Å². The molecule has 0 unspecified atom stereocenters. The Kier molecular flexibility index (Phi) is 30.4. The van der Waals surface area contributed by atoms with Gasteiger partial charge < -0.3 is 69.8 Å². The lowest BCUT2D eigenvalue weighted by atomic mass is 10.1. The first-order valence-electron chi connectivity index (χ1n) is 45.1. The summed E-state index contributed by atoms with van der Waals surface area (Å²) in [7, 11) is 3.21. The standard InChI is InChI=1S/C25H23ClN6O2S.C25H25ClN4O3S.C25H23FN6O2S.C25H25FN4O3S/c26-22-20(5-2-6-21(22)34-12-9-32-7-10-33-11-8-32)29-25-19-14-35-13-18(19)16-3-1-4-17(23(16)30-25)24-27-15-28-31-24;1-27-25(31)17-5-2-4-16-18-14-34-15-19(18)24(29-23(16)17)28-20-6-3-7-21(22(20)26)33-13-10-30-8-11-32-12-9-30;26-22-20(5-2-6-21(22)34-12-9-32-7-10-33-11-8-32)29-25-19-14-35-13-18(19)16-3-1-4-17(23(16)30-25)24-27-15-28-31-24;1-27-25(31)17-5-2-4-16-18-14-34-15-19(18)24(29-23(16)17)28-20-6-3-7-21(22(20)26)33-13-10-30-8-11-32-12-9-30/h1-6,13-15H,7-12H2,(H,29,30)(H,27,28,31);2-7,14-15H,8-13H2,1H3,(H,27,31)(H,28,29);1-6,13-15H,7-12H2,(H,29,30)(H,27,28,31);2-7,14-15H,8-13H2,1H3,(H,27,31)(H,28,29). The zero-order chi connectivity index (χ0) is 94.2. The van der Waals surface area contributed by atoms with E-state index >= 15 is 8.78 Å². The summed E-state index contributed by atoms with van der Waals surface area (Å²) < 4.78 is 75.8. The number of hydrogen-bond acceptors (Lipinski definition) is 30. The van der Waals surface area contributed by atoms with E-state index in [9.17, 15) is 9.59 Å². The van der Waals surface area contributed by atoms with Crippen LogP contribution < -0.4 is 50.8 Å². The molecule has 2 amide bonds. The van der Waals surface area contributed by atoms with Gasteiger partial charge in [-0.05, 0) is 94.3 Å². The first kappa shape index (κ1) is 94.0. The molecule has 138 heavy (non-hydrogen) atoms. The minimum absolute atomic E-state index is 0.174. The third kappa shape index (κ3) is 21.3. The number of morpholine rings is 4. The van der Waals surface area contributed by atoms with E-state index < -0.39 is 11.6 Å². The molecule has 4 saturated heterocycles. The van der Waals surface area contributed by atoms with Gasteiger partial charge in [0.15, 0.2) is 34.8 Å². The van der Waals surface area contributed by atoms with Crippen molar-refractivity contribution in [2.75, 3.05) is 193 Å². The maximum atomic E-state index is 15.4. The van der Waals surface area contributed by atoms with Crippen molar-refractivity contribution in [1.29, 1.82) is 0 Å². The largest absolute Gasteiger partial charge is 0.491 e. The first-order valence-corrected chi connectivity index (χ1v) is 49.6. The molecule has 8 N–H and O–H groups in total. The van der Waals surface area contributed by atoms with E-state index in [2.05, 4.69) is 109 Å². The fourth-order valence-corrected chi connectivity index (χ4v) is 20.6. The van der Waals surface area contributed by atoms with Crippen LogP contribution >= 0.6 is 68.5 Å². The predicted octanol–water partition coefficient (Wildman–Crippen LogP) is 19.5. The molecule has 30 nitrogen and oxygen atoms in total. The van der Waals surface area contributed by atoms with Crippen molar-refractivity contribution in [3.63, 3.8) is 0 Å². The Morgan fingerprint density at radius 2 is 0.630 bits per heavy atom. The highest BCUT2D eigenvalue weighted by Crippen LogP contribution is 2.45. The third-order valence-corrected chi connectivity index (χ3v) is 27.8. The lowest BCUT2D eigenvalue weighted by Crippen LogP contribution is -2.38. The van der Waals surface area contributed by atoms with Gasteiger partial charge in [-0.15, -0.1) is 0 Å². The zero-order valence-electron chi connectivity index (χ0n) is 75.2. The summed E-state index contributed by atoms with van der Waals surface area (Å²) in [5.74, 6) is 4.10. The van der Waals surface area contributed by atoms with E-state index in [0.717, 1.165) is 210 Å². The molecule has 4 aliphatic rings. The molecule has 14 heterocycles. The van der Waals surface area contributed by atoms with E-state index in [-0.39, 0.29) is 29.0 Å². The summed E-state index contributed by atoms with van der Waals surface area (Å²) in [6, 6.07) is 44.8. The topological polar surface area (TPSA) is 328 Å². The van der Waals surface area contributed by atoms with Crippen LogP contribution in [0.3, 0.4) is 0 Å². The Hall–Kier alpha value is -13.0. The van der Waals surface area contributed by atoms with Crippen LogP contribution in [-0.2, 0) is 18.9 Å². The lowest BCUT2D eigenvalue weighted by molar-refractivity contribution is 0.0319. The number of aromatic amines is 2. The minimum Gasteiger partial charge on any atom is -0.491 e. The number of thiophene rings is 4. The number of ether oxygens (including phenoxy) is 8. The molecule has 18 aromatic rings. The number of halogens is 4. The number of nitrogens with zero attached hydrogens (tertiary/aromatic N) is 12. The predicted molar refractivity (Wildman–Crippen MR) is 546 cm³/mol. The summed E-state index contributed by atoms with van der Waals surface area (Å²) >= 11 is 19.8. The van der Waals surface area contributed by atoms with E-state index in [4.69, 9.17) is 81.0 Å². The molecule has 0 saturated carbocycles. The Balaban J connectivity index is 0.000000118. The highest BCUT2D eigenvalue weighted by molar-refractivity contribution is 7.10. The summed E-state index contributed by atoms with van der Waals surface area (Å²) in [4.78, 5) is 62.2. The van der Waals surface area contributed by atoms with Gasteiger partial charge in [-0.25, -0.2) is 38.7 Å². The van der Waals surface area contributed by atoms with Gasteiger partial charge in [-0.1, -0.05) is 96.0 Å². The van der Waals surface area contributed by atoms with E-state index in [1.165, 1.54) is 24.0 Å². The average Bonchev–Trinajstić information content (AvgIpc) is 1.54. The fraction of sp³-hybridized carbons (Fsp3) is 0.260. The van der Waals surface area contributed by atoms with Crippen molar-refractivity contribution in [2.24, 2.45) is 0 Å². The van der Waals surface area contributed by atoms with Crippen LogP contribution in [0.5, 0.6) is 23.0 Å². The Morgan fingerprint density at radius 3 is 0.949 bits per heavy atom. The van der Waals surface area contributed by atoms with Crippen LogP contribution in [-0.4, -0.2) is 254 Å². The van der Waals surface area contributed by atoms with Crippen LogP contribution in [0.4, 0.5) is 54.8 Å². The number of anilines is 8. The number of benzene rings is 8. The average molecular weight is 1980 g/mol. The number of nitrogens with one attached hydrogen (secondary N) is 8. The molecule has 0 aliphatic carbocycles.